The average Bonchev–Trinajstić information content (AvgIpc) is 2.37. The fourth-order valence-corrected chi connectivity index (χ4v) is 1.30. The summed E-state index contributed by atoms with van der Waals surface area (Å²) in [6.07, 6.45) is 1.55. The Morgan fingerprint density at radius 1 is 1.53 bits per heavy atom. The first kappa shape index (κ1) is 13.7. The number of hydrogen-bond acceptors (Lipinski definition) is 6. The zero-order valence-corrected chi connectivity index (χ0v) is 10.7. The molecule has 1 aromatic rings. The Hall–Kier alpha value is -1.40. The van der Waals surface area contributed by atoms with Gasteiger partial charge in [-0.3, -0.25) is 0 Å². The largest absolute Gasteiger partial charge is 0.383 e. The quantitative estimate of drug-likeness (QED) is 0.667. The van der Waals surface area contributed by atoms with Gasteiger partial charge < -0.3 is 20.7 Å². The molecule has 0 spiro atoms. The van der Waals surface area contributed by atoms with Crippen molar-refractivity contribution in [1.29, 1.82) is 0 Å². The number of likely N-dealkylation sites (N-methyl/N-ethyl adjacent to an activating group) is 1. The zero-order valence-electron chi connectivity index (χ0n) is 10.7. The number of ether oxygens (including phenoxy) is 1. The van der Waals surface area contributed by atoms with Crippen LogP contribution in [-0.2, 0) is 4.74 Å². The van der Waals surface area contributed by atoms with E-state index in [0.717, 1.165) is 18.2 Å². The van der Waals surface area contributed by atoms with E-state index < -0.39 is 0 Å². The third kappa shape index (κ3) is 4.16. The monoisotopic (exact) mass is 239 g/mol. The second-order valence-corrected chi connectivity index (χ2v) is 3.88. The molecule has 3 N–H and O–H groups in total. The molecule has 0 radical (unpaired) electrons. The van der Waals surface area contributed by atoms with Crippen molar-refractivity contribution in [3.8, 4) is 0 Å². The predicted octanol–water partition coefficient (Wildman–Crippen LogP) is 0.318. The number of nitrogens with one attached hydrogen (secondary N) is 1. The van der Waals surface area contributed by atoms with Crippen LogP contribution in [0.3, 0.4) is 0 Å². The van der Waals surface area contributed by atoms with Crippen molar-refractivity contribution in [3.05, 3.63) is 12.4 Å². The lowest BCUT2D eigenvalue weighted by molar-refractivity contribution is 0.210. The molecule has 6 nitrogen and oxygen atoms in total. The van der Waals surface area contributed by atoms with E-state index in [1.165, 1.54) is 0 Å². The summed E-state index contributed by atoms with van der Waals surface area (Å²) in [5, 5.41) is 3.16. The lowest BCUT2D eigenvalue weighted by Gasteiger charge is -2.24. The highest BCUT2D eigenvalue weighted by molar-refractivity contribution is 5.48. The van der Waals surface area contributed by atoms with Gasteiger partial charge >= 0.3 is 0 Å². The Balaban J connectivity index is 2.64. The van der Waals surface area contributed by atoms with Crippen LogP contribution in [0.5, 0.6) is 0 Å². The Kier molecular flexibility index (Phi) is 5.65. The molecule has 1 rings (SSSR count). The summed E-state index contributed by atoms with van der Waals surface area (Å²) >= 11 is 0. The molecule has 1 heterocycles. The van der Waals surface area contributed by atoms with Gasteiger partial charge in [-0.05, 0) is 6.92 Å². The van der Waals surface area contributed by atoms with Gasteiger partial charge in [0.25, 0.3) is 0 Å². The second-order valence-electron chi connectivity index (χ2n) is 3.88. The third-order valence-electron chi connectivity index (χ3n) is 2.63. The van der Waals surface area contributed by atoms with Gasteiger partial charge in [-0.2, -0.15) is 0 Å². The number of hydrogen-bond donors (Lipinski definition) is 2. The number of nitrogens with zero attached hydrogens (tertiary/aromatic N) is 3. The van der Waals surface area contributed by atoms with E-state index in [-0.39, 0.29) is 6.04 Å². The first-order chi connectivity index (χ1) is 8.19. The highest BCUT2D eigenvalue weighted by Crippen LogP contribution is 2.14. The molecule has 1 atom stereocenters. The van der Waals surface area contributed by atoms with Crippen LogP contribution in [-0.4, -0.2) is 49.9 Å². The maximum Gasteiger partial charge on any atom is 0.134 e. The standard InChI is InChI=1S/C11H21N5O/c1-9(7-12)16(2)11-6-10(14-8-15-11)13-4-5-17-3/h6,8-9H,4-5,7,12H2,1-3H3,(H,13,14,15). The van der Waals surface area contributed by atoms with Gasteiger partial charge in [-0.1, -0.05) is 0 Å². The minimum Gasteiger partial charge on any atom is -0.383 e. The molecule has 17 heavy (non-hydrogen) atoms. The van der Waals surface area contributed by atoms with Crippen molar-refractivity contribution in [2.75, 3.05) is 44.1 Å². The van der Waals surface area contributed by atoms with Gasteiger partial charge in [0, 0.05) is 39.4 Å². The second kappa shape index (κ2) is 7.03. The summed E-state index contributed by atoms with van der Waals surface area (Å²) in [6.45, 7) is 4.02. The van der Waals surface area contributed by atoms with E-state index >= 15 is 0 Å². The van der Waals surface area contributed by atoms with Crippen molar-refractivity contribution in [3.63, 3.8) is 0 Å². The minimum absolute atomic E-state index is 0.247. The van der Waals surface area contributed by atoms with Crippen molar-refractivity contribution < 1.29 is 4.74 Å². The van der Waals surface area contributed by atoms with Crippen LogP contribution in [0.1, 0.15) is 6.92 Å². The molecule has 0 amide bonds. The van der Waals surface area contributed by atoms with Crippen molar-refractivity contribution in [1.82, 2.24) is 9.97 Å². The highest BCUT2D eigenvalue weighted by Gasteiger charge is 2.09. The smallest absolute Gasteiger partial charge is 0.134 e. The molecule has 0 aliphatic carbocycles. The van der Waals surface area contributed by atoms with Gasteiger partial charge in [0.2, 0.25) is 0 Å². The summed E-state index contributed by atoms with van der Waals surface area (Å²) in [6, 6.07) is 2.15. The lowest BCUT2D eigenvalue weighted by Crippen LogP contribution is -2.35. The van der Waals surface area contributed by atoms with Crippen LogP contribution in [0.4, 0.5) is 11.6 Å². The van der Waals surface area contributed by atoms with Crippen molar-refractivity contribution in [2.24, 2.45) is 5.73 Å². The van der Waals surface area contributed by atoms with Crippen LogP contribution < -0.4 is 16.0 Å². The molecule has 1 unspecified atom stereocenters. The molecule has 96 valence electrons. The van der Waals surface area contributed by atoms with Crippen molar-refractivity contribution in [2.45, 2.75) is 13.0 Å². The number of nitrogens with two attached hydrogens (primary N) is 1. The van der Waals surface area contributed by atoms with E-state index in [9.17, 15) is 0 Å². The SMILES string of the molecule is COCCNc1cc(N(C)C(C)CN)ncn1. The third-order valence-corrected chi connectivity index (χ3v) is 2.63. The molecule has 0 saturated carbocycles. The Bertz CT molecular complexity index is 333. The summed E-state index contributed by atoms with van der Waals surface area (Å²) in [5.74, 6) is 1.65. The summed E-state index contributed by atoms with van der Waals surface area (Å²) in [7, 11) is 3.64. The first-order valence-electron chi connectivity index (χ1n) is 5.66. The predicted molar refractivity (Wildman–Crippen MR) is 69.3 cm³/mol. The van der Waals surface area contributed by atoms with E-state index in [1.54, 1.807) is 13.4 Å². The Morgan fingerprint density at radius 2 is 2.29 bits per heavy atom. The molecule has 0 aliphatic rings. The van der Waals surface area contributed by atoms with Gasteiger partial charge in [0.05, 0.1) is 6.61 Å². The molecular weight excluding hydrogens is 218 g/mol. The molecule has 0 bridgehead atoms. The van der Waals surface area contributed by atoms with Gasteiger partial charge in [0.1, 0.15) is 18.0 Å². The summed E-state index contributed by atoms with van der Waals surface area (Å²) in [5.41, 5.74) is 5.63. The number of rotatable bonds is 7. The number of aromatic nitrogens is 2. The van der Waals surface area contributed by atoms with Crippen LogP contribution in [0.25, 0.3) is 0 Å². The lowest BCUT2D eigenvalue weighted by atomic mass is 10.3. The van der Waals surface area contributed by atoms with Crippen LogP contribution in [0.2, 0.25) is 0 Å². The van der Waals surface area contributed by atoms with Crippen molar-refractivity contribution >= 4 is 11.6 Å². The topological polar surface area (TPSA) is 76.3 Å². The molecule has 0 aliphatic heterocycles. The summed E-state index contributed by atoms with van der Waals surface area (Å²) in [4.78, 5) is 10.4. The van der Waals surface area contributed by atoms with Crippen LogP contribution in [0, 0.1) is 0 Å². The van der Waals surface area contributed by atoms with E-state index in [0.29, 0.717) is 13.2 Å². The number of anilines is 2. The highest BCUT2D eigenvalue weighted by atomic mass is 16.5. The maximum absolute atomic E-state index is 5.63. The van der Waals surface area contributed by atoms with E-state index in [4.69, 9.17) is 10.5 Å². The van der Waals surface area contributed by atoms with E-state index in [1.807, 2.05) is 18.0 Å². The molecule has 0 aromatic carbocycles. The molecule has 0 saturated heterocycles. The molecular formula is C11H21N5O. The maximum atomic E-state index is 5.63. The zero-order chi connectivity index (χ0) is 12.7. The molecule has 6 heteroatoms. The first-order valence-corrected chi connectivity index (χ1v) is 5.66. The van der Waals surface area contributed by atoms with Gasteiger partial charge in [-0.15, -0.1) is 0 Å². The number of methoxy groups -OCH3 is 1. The van der Waals surface area contributed by atoms with Gasteiger partial charge in [0.15, 0.2) is 0 Å². The minimum atomic E-state index is 0.247. The summed E-state index contributed by atoms with van der Waals surface area (Å²) < 4.78 is 4.96. The fraction of sp³-hybridized carbons (Fsp3) is 0.636. The fourth-order valence-electron chi connectivity index (χ4n) is 1.30. The van der Waals surface area contributed by atoms with Crippen LogP contribution in [0.15, 0.2) is 12.4 Å². The van der Waals surface area contributed by atoms with E-state index in [2.05, 4.69) is 22.2 Å². The molecule has 0 fully saturated rings. The Labute approximate surface area is 102 Å². The normalized spacial score (nSPS) is 12.2. The van der Waals surface area contributed by atoms with Crippen LogP contribution >= 0.6 is 0 Å². The average molecular weight is 239 g/mol. The molecule has 1 aromatic heterocycles. The van der Waals surface area contributed by atoms with Gasteiger partial charge in [-0.25, -0.2) is 9.97 Å². The Morgan fingerprint density at radius 3 is 2.94 bits per heavy atom.